The minimum absolute atomic E-state index is 0.0354. The molecule has 0 spiro atoms. The van der Waals surface area contributed by atoms with Gasteiger partial charge in [-0.2, -0.15) is 0 Å². The van der Waals surface area contributed by atoms with Crippen molar-refractivity contribution in [2.24, 2.45) is 0 Å². The van der Waals surface area contributed by atoms with E-state index in [4.69, 9.17) is 28.3 Å². The number of halogens is 2. The van der Waals surface area contributed by atoms with Crippen LogP contribution in [-0.4, -0.2) is 28.1 Å². The highest BCUT2D eigenvalue weighted by Gasteiger charge is 2.28. The molecule has 16 heavy (non-hydrogen) atoms. The molecule has 1 aliphatic carbocycles. The summed E-state index contributed by atoms with van der Waals surface area (Å²) in [6.07, 6.45) is 0.895. The number of hydrogen-bond acceptors (Lipinski definition) is 3. The highest BCUT2D eigenvalue weighted by Crippen LogP contribution is 2.20. The van der Waals surface area contributed by atoms with Gasteiger partial charge in [-0.25, -0.2) is 4.98 Å². The van der Waals surface area contributed by atoms with Crippen molar-refractivity contribution in [1.82, 2.24) is 10.3 Å². The van der Waals surface area contributed by atoms with Crippen LogP contribution in [0.2, 0.25) is 10.3 Å². The molecule has 1 saturated carbocycles. The van der Waals surface area contributed by atoms with Gasteiger partial charge in [-0.05, 0) is 25.0 Å². The van der Waals surface area contributed by atoms with Crippen molar-refractivity contribution in [3.63, 3.8) is 0 Å². The summed E-state index contributed by atoms with van der Waals surface area (Å²) in [6.45, 7) is 0. The summed E-state index contributed by atoms with van der Waals surface area (Å²) in [7, 11) is 0. The minimum Gasteiger partial charge on any atom is -0.393 e. The Hall–Kier alpha value is -0.840. The van der Waals surface area contributed by atoms with Crippen molar-refractivity contribution in [1.29, 1.82) is 0 Å². The molecule has 4 nitrogen and oxygen atoms in total. The van der Waals surface area contributed by atoms with E-state index in [9.17, 15) is 4.79 Å². The summed E-state index contributed by atoms with van der Waals surface area (Å²) in [4.78, 5) is 15.5. The summed E-state index contributed by atoms with van der Waals surface area (Å²) in [6, 6.07) is 2.95. The average Bonchev–Trinajstić information content (AvgIpc) is 2.13. The van der Waals surface area contributed by atoms with Gasteiger partial charge in [-0.3, -0.25) is 4.79 Å². The molecule has 86 valence electrons. The van der Waals surface area contributed by atoms with E-state index in [0.29, 0.717) is 18.4 Å². The number of aromatic nitrogens is 1. The molecule has 0 bridgehead atoms. The van der Waals surface area contributed by atoms with Crippen molar-refractivity contribution in [3.05, 3.63) is 28.0 Å². The van der Waals surface area contributed by atoms with Gasteiger partial charge in [0.05, 0.1) is 6.10 Å². The highest BCUT2D eigenvalue weighted by molar-refractivity contribution is 6.33. The number of carbonyl (C=O) groups is 1. The Balaban J connectivity index is 2.03. The molecule has 0 radical (unpaired) electrons. The van der Waals surface area contributed by atoms with E-state index in [2.05, 4.69) is 10.3 Å². The summed E-state index contributed by atoms with van der Waals surface area (Å²) in [5.74, 6) is -0.247. The molecule has 1 fully saturated rings. The second-order valence-corrected chi connectivity index (χ2v) is 4.57. The molecular weight excluding hydrogens is 251 g/mol. The number of aliphatic hydroxyl groups excluding tert-OH is 1. The summed E-state index contributed by atoms with van der Waals surface area (Å²) < 4.78 is 0. The molecule has 2 N–H and O–H groups in total. The van der Waals surface area contributed by atoms with E-state index in [1.165, 1.54) is 12.1 Å². The van der Waals surface area contributed by atoms with Crippen LogP contribution in [0.25, 0.3) is 0 Å². The maximum Gasteiger partial charge on any atom is 0.251 e. The zero-order chi connectivity index (χ0) is 11.7. The third-order valence-corrected chi connectivity index (χ3v) is 2.86. The fraction of sp³-hybridized carbons (Fsp3) is 0.400. The van der Waals surface area contributed by atoms with E-state index in [0.717, 1.165) is 0 Å². The molecule has 0 unspecified atom stereocenters. The third-order valence-electron chi connectivity index (χ3n) is 2.47. The maximum atomic E-state index is 11.7. The zero-order valence-corrected chi connectivity index (χ0v) is 9.79. The first kappa shape index (κ1) is 11.6. The number of hydrogen-bond donors (Lipinski definition) is 2. The van der Waals surface area contributed by atoms with Gasteiger partial charge in [0.1, 0.15) is 10.3 Å². The topological polar surface area (TPSA) is 62.2 Å². The molecule has 1 aromatic rings. The largest absolute Gasteiger partial charge is 0.393 e. The van der Waals surface area contributed by atoms with Gasteiger partial charge in [0.25, 0.3) is 5.91 Å². The lowest BCUT2D eigenvalue weighted by Crippen LogP contribution is -2.46. The molecule has 1 aromatic heterocycles. The number of nitrogens with zero attached hydrogens (tertiary/aromatic N) is 1. The monoisotopic (exact) mass is 260 g/mol. The van der Waals surface area contributed by atoms with Gasteiger partial charge in [0.15, 0.2) is 0 Å². The molecule has 0 aliphatic heterocycles. The van der Waals surface area contributed by atoms with Gasteiger partial charge in [-0.15, -0.1) is 0 Å². The fourth-order valence-electron chi connectivity index (χ4n) is 1.57. The first-order valence-corrected chi connectivity index (χ1v) is 5.62. The van der Waals surface area contributed by atoms with E-state index < -0.39 is 0 Å². The van der Waals surface area contributed by atoms with Gasteiger partial charge in [0.2, 0.25) is 0 Å². The molecule has 1 heterocycles. The van der Waals surface area contributed by atoms with E-state index in [1.54, 1.807) is 0 Å². The van der Waals surface area contributed by atoms with Crippen LogP contribution in [0.3, 0.4) is 0 Å². The molecule has 0 aromatic carbocycles. The van der Waals surface area contributed by atoms with E-state index >= 15 is 0 Å². The Kier molecular flexibility index (Phi) is 3.33. The smallest absolute Gasteiger partial charge is 0.251 e. The number of pyridine rings is 1. The number of amides is 1. The average molecular weight is 261 g/mol. The Morgan fingerprint density at radius 2 is 1.94 bits per heavy atom. The van der Waals surface area contributed by atoms with Crippen molar-refractivity contribution >= 4 is 29.1 Å². The van der Waals surface area contributed by atoms with E-state index in [1.807, 2.05) is 0 Å². The van der Waals surface area contributed by atoms with Crippen molar-refractivity contribution in [2.75, 3.05) is 0 Å². The normalized spacial score (nSPS) is 23.7. The fourth-order valence-corrected chi connectivity index (χ4v) is 2.03. The van der Waals surface area contributed by atoms with Gasteiger partial charge in [0, 0.05) is 11.6 Å². The number of aliphatic hydroxyl groups is 1. The van der Waals surface area contributed by atoms with Crippen LogP contribution in [0.5, 0.6) is 0 Å². The maximum absolute atomic E-state index is 11.7. The summed E-state index contributed by atoms with van der Waals surface area (Å²) in [5.41, 5.74) is 0.381. The van der Waals surface area contributed by atoms with Crippen LogP contribution in [0.15, 0.2) is 12.1 Å². The second-order valence-electron chi connectivity index (χ2n) is 3.80. The minimum atomic E-state index is -0.296. The van der Waals surface area contributed by atoms with Gasteiger partial charge in [-0.1, -0.05) is 23.2 Å². The number of rotatable bonds is 2. The standard InChI is InChI=1S/C10H10Cl2N2O2/c11-8-1-5(2-9(12)14-8)10(16)13-6-3-7(15)4-6/h1-2,6-7,15H,3-4H2,(H,13,16). The SMILES string of the molecule is O=C(NC1CC(O)C1)c1cc(Cl)nc(Cl)c1. The molecule has 2 rings (SSSR count). The first-order valence-electron chi connectivity index (χ1n) is 4.86. The Morgan fingerprint density at radius 3 is 2.44 bits per heavy atom. The second kappa shape index (κ2) is 4.57. The molecule has 1 amide bonds. The number of carbonyl (C=O) groups excluding carboxylic acids is 1. The Labute approximate surface area is 103 Å². The van der Waals surface area contributed by atoms with Crippen molar-refractivity contribution in [3.8, 4) is 0 Å². The lowest BCUT2D eigenvalue weighted by Gasteiger charge is -2.31. The van der Waals surface area contributed by atoms with Crippen LogP contribution >= 0.6 is 23.2 Å². The quantitative estimate of drug-likeness (QED) is 0.795. The molecular formula is C10H10Cl2N2O2. The van der Waals surface area contributed by atoms with Crippen LogP contribution in [-0.2, 0) is 0 Å². The van der Waals surface area contributed by atoms with Crippen LogP contribution in [0.4, 0.5) is 0 Å². The zero-order valence-electron chi connectivity index (χ0n) is 8.28. The Morgan fingerprint density at radius 1 is 1.38 bits per heavy atom. The van der Waals surface area contributed by atoms with Crippen molar-refractivity contribution < 1.29 is 9.90 Å². The lowest BCUT2D eigenvalue weighted by molar-refractivity contribution is 0.0562. The third kappa shape index (κ3) is 2.64. The van der Waals surface area contributed by atoms with Gasteiger partial charge < -0.3 is 10.4 Å². The predicted molar refractivity (Wildman–Crippen MR) is 60.8 cm³/mol. The molecule has 1 aliphatic rings. The highest BCUT2D eigenvalue weighted by atomic mass is 35.5. The summed E-state index contributed by atoms with van der Waals surface area (Å²) in [5, 5.41) is 12.2. The van der Waals surface area contributed by atoms with E-state index in [-0.39, 0.29) is 28.4 Å². The van der Waals surface area contributed by atoms with Crippen molar-refractivity contribution in [2.45, 2.75) is 25.0 Å². The van der Waals surface area contributed by atoms with Gasteiger partial charge >= 0.3 is 0 Å². The Bertz CT molecular complexity index is 399. The van der Waals surface area contributed by atoms with Crippen LogP contribution < -0.4 is 5.32 Å². The summed E-state index contributed by atoms with van der Waals surface area (Å²) >= 11 is 11.4. The molecule has 0 atom stereocenters. The first-order chi connectivity index (χ1) is 7.54. The number of nitrogens with one attached hydrogen (secondary N) is 1. The van der Waals surface area contributed by atoms with Crippen LogP contribution in [0.1, 0.15) is 23.2 Å². The lowest BCUT2D eigenvalue weighted by atomic mass is 9.89. The molecule has 0 saturated heterocycles. The molecule has 6 heteroatoms. The predicted octanol–water partition coefficient (Wildman–Crippen LogP) is 1.64. The van der Waals surface area contributed by atoms with Crippen LogP contribution in [0, 0.1) is 0 Å².